The molecule has 0 aromatic heterocycles. The highest BCUT2D eigenvalue weighted by atomic mass is 19.3. The standard InChI is InChI=1S/C21H25F2NO/c22-21(23)11-16(12-21)15-25-19-13-24(14-19)20(17-7-3-1-4-8-17)18-9-5-2-6-10-18/h1,3-5,7-10,16,19-20H,2,6,11-15H2. The second-order valence-electron chi connectivity index (χ2n) is 7.54. The van der Waals surface area contributed by atoms with Crippen molar-refractivity contribution in [2.75, 3.05) is 19.7 Å². The number of likely N-dealkylation sites (tertiary alicyclic amines) is 1. The Morgan fingerprint density at radius 3 is 2.52 bits per heavy atom. The third-order valence-electron chi connectivity index (χ3n) is 5.44. The number of ether oxygens (including phenoxy) is 1. The SMILES string of the molecule is FC1(F)CC(COC2CN(C(C3=CCCC=C3)c3ccccc3)C2)C1. The second-order valence-corrected chi connectivity index (χ2v) is 7.54. The number of hydrogen-bond acceptors (Lipinski definition) is 2. The molecular weight excluding hydrogens is 320 g/mol. The van der Waals surface area contributed by atoms with Crippen LogP contribution >= 0.6 is 0 Å². The first-order chi connectivity index (χ1) is 12.1. The molecular formula is C21H25F2NO. The molecule has 1 saturated heterocycles. The number of hydrogen-bond donors (Lipinski definition) is 0. The summed E-state index contributed by atoms with van der Waals surface area (Å²) >= 11 is 0. The lowest BCUT2D eigenvalue weighted by atomic mass is 9.82. The summed E-state index contributed by atoms with van der Waals surface area (Å²) in [6.45, 7) is 2.22. The summed E-state index contributed by atoms with van der Waals surface area (Å²) in [6, 6.07) is 10.8. The van der Waals surface area contributed by atoms with E-state index < -0.39 is 5.92 Å². The predicted octanol–water partition coefficient (Wildman–Crippen LogP) is 4.75. The van der Waals surface area contributed by atoms with E-state index in [9.17, 15) is 8.78 Å². The van der Waals surface area contributed by atoms with Crippen LogP contribution in [0.2, 0.25) is 0 Å². The molecule has 134 valence electrons. The van der Waals surface area contributed by atoms with Crippen molar-refractivity contribution in [2.24, 2.45) is 5.92 Å². The van der Waals surface area contributed by atoms with Crippen LogP contribution in [-0.4, -0.2) is 36.6 Å². The van der Waals surface area contributed by atoms with E-state index in [4.69, 9.17) is 4.74 Å². The summed E-state index contributed by atoms with van der Waals surface area (Å²) in [4.78, 5) is 2.43. The Labute approximate surface area is 148 Å². The molecule has 1 heterocycles. The van der Waals surface area contributed by atoms with Crippen LogP contribution in [-0.2, 0) is 4.74 Å². The van der Waals surface area contributed by atoms with Gasteiger partial charge in [0, 0.05) is 25.9 Å². The molecule has 1 atom stereocenters. The molecule has 2 aliphatic carbocycles. The fourth-order valence-corrected chi connectivity index (χ4v) is 4.05. The minimum Gasteiger partial charge on any atom is -0.375 e. The Bertz CT molecular complexity index is 641. The van der Waals surface area contributed by atoms with E-state index in [-0.39, 0.29) is 30.9 Å². The fraction of sp³-hybridized carbons (Fsp3) is 0.524. The summed E-state index contributed by atoms with van der Waals surface area (Å²) in [5.74, 6) is -2.41. The first-order valence-electron chi connectivity index (χ1n) is 9.26. The van der Waals surface area contributed by atoms with E-state index >= 15 is 0 Å². The normalized spacial score (nSPS) is 25.1. The molecule has 1 aromatic carbocycles. The lowest BCUT2D eigenvalue weighted by Crippen LogP contribution is -2.54. The lowest BCUT2D eigenvalue weighted by Gasteiger charge is -2.46. The average molecular weight is 345 g/mol. The fourth-order valence-electron chi connectivity index (χ4n) is 4.05. The number of nitrogens with zero attached hydrogens (tertiary/aromatic N) is 1. The lowest BCUT2D eigenvalue weighted by molar-refractivity contribution is -0.149. The highest BCUT2D eigenvalue weighted by Crippen LogP contribution is 2.43. The Morgan fingerprint density at radius 1 is 1.12 bits per heavy atom. The van der Waals surface area contributed by atoms with Crippen molar-refractivity contribution in [3.05, 3.63) is 59.7 Å². The van der Waals surface area contributed by atoms with E-state index in [2.05, 4.69) is 47.4 Å². The van der Waals surface area contributed by atoms with Gasteiger partial charge in [-0.25, -0.2) is 8.78 Å². The maximum Gasteiger partial charge on any atom is 0.248 e. The quantitative estimate of drug-likeness (QED) is 0.738. The summed E-state index contributed by atoms with van der Waals surface area (Å²) in [7, 11) is 0. The van der Waals surface area contributed by atoms with Crippen molar-refractivity contribution >= 4 is 0 Å². The van der Waals surface area contributed by atoms with Crippen molar-refractivity contribution < 1.29 is 13.5 Å². The van der Waals surface area contributed by atoms with Gasteiger partial charge in [0.2, 0.25) is 5.92 Å². The van der Waals surface area contributed by atoms with Gasteiger partial charge in [0.05, 0.1) is 18.8 Å². The summed E-state index contributed by atoms with van der Waals surface area (Å²) in [6.07, 6.45) is 9.20. The molecule has 25 heavy (non-hydrogen) atoms. The van der Waals surface area contributed by atoms with Crippen molar-refractivity contribution in [3.63, 3.8) is 0 Å². The Hall–Kier alpha value is -1.52. The van der Waals surface area contributed by atoms with E-state index in [1.807, 2.05) is 6.07 Å². The third kappa shape index (κ3) is 3.85. The van der Waals surface area contributed by atoms with E-state index in [1.54, 1.807) is 0 Å². The topological polar surface area (TPSA) is 12.5 Å². The van der Waals surface area contributed by atoms with Crippen LogP contribution in [0.3, 0.4) is 0 Å². The Kier molecular flexibility index (Phi) is 4.74. The van der Waals surface area contributed by atoms with Gasteiger partial charge in [-0.1, -0.05) is 48.6 Å². The molecule has 1 saturated carbocycles. The highest BCUT2D eigenvalue weighted by Gasteiger charge is 2.46. The number of allylic oxidation sites excluding steroid dienone is 2. The van der Waals surface area contributed by atoms with Gasteiger partial charge in [-0.3, -0.25) is 4.90 Å². The summed E-state index contributed by atoms with van der Waals surface area (Å²) < 4.78 is 31.7. The molecule has 1 aromatic rings. The van der Waals surface area contributed by atoms with Crippen molar-refractivity contribution in [1.82, 2.24) is 4.90 Å². The van der Waals surface area contributed by atoms with Gasteiger partial charge in [0.15, 0.2) is 0 Å². The zero-order valence-electron chi connectivity index (χ0n) is 14.4. The molecule has 0 radical (unpaired) electrons. The minimum atomic E-state index is -2.45. The highest BCUT2D eigenvalue weighted by molar-refractivity contribution is 5.36. The summed E-state index contributed by atoms with van der Waals surface area (Å²) in [5.41, 5.74) is 2.66. The molecule has 1 unspecified atom stereocenters. The monoisotopic (exact) mass is 345 g/mol. The maximum atomic E-state index is 12.9. The average Bonchev–Trinajstić information content (AvgIpc) is 2.56. The first kappa shape index (κ1) is 16.9. The van der Waals surface area contributed by atoms with Crippen molar-refractivity contribution in [3.8, 4) is 0 Å². The zero-order valence-corrected chi connectivity index (χ0v) is 14.4. The molecule has 0 N–H and O–H groups in total. The van der Waals surface area contributed by atoms with Gasteiger partial charge in [0.25, 0.3) is 0 Å². The number of alkyl halides is 2. The molecule has 0 bridgehead atoms. The van der Waals surface area contributed by atoms with Crippen molar-refractivity contribution in [2.45, 2.75) is 43.8 Å². The molecule has 4 rings (SSSR count). The van der Waals surface area contributed by atoms with Crippen molar-refractivity contribution in [1.29, 1.82) is 0 Å². The third-order valence-corrected chi connectivity index (χ3v) is 5.44. The molecule has 2 nitrogen and oxygen atoms in total. The van der Waals surface area contributed by atoms with Gasteiger partial charge in [-0.2, -0.15) is 0 Å². The van der Waals surface area contributed by atoms with Gasteiger partial charge >= 0.3 is 0 Å². The Morgan fingerprint density at radius 2 is 1.88 bits per heavy atom. The van der Waals surface area contributed by atoms with E-state index in [1.165, 1.54) is 11.1 Å². The van der Waals surface area contributed by atoms with Gasteiger partial charge in [0.1, 0.15) is 0 Å². The molecule has 2 fully saturated rings. The number of benzene rings is 1. The minimum absolute atomic E-state index is 0.00620. The van der Waals surface area contributed by atoms with E-state index in [0.29, 0.717) is 6.61 Å². The smallest absolute Gasteiger partial charge is 0.248 e. The maximum absolute atomic E-state index is 12.9. The van der Waals surface area contributed by atoms with Crippen LogP contribution in [0.25, 0.3) is 0 Å². The first-order valence-corrected chi connectivity index (χ1v) is 9.26. The van der Waals surface area contributed by atoms with Gasteiger partial charge < -0.3 is 4.74 Å². The molecule has 3 aliphatic rings. The molecule has 0 amide bonds. The van der Waals surface area contributed by atoms with E-state index in [0.717, 1.165) is 25.9 Å². The largest absolute Gasteiger partial charge is 0.375 e. The molecule has 4 heteroatoms. The van der Waals surface area contributed by atoms with Crippen LogP contribution < -0.4 is 0 Å². The van der Waals surface area contributed by atoms with Crippen LogP contribution in [0, 0.1) is 5.92 Å². The second kappa shape index (κ2) is 7.00. The number of rotatable bonds is 6. The van der Waals surface area contributed by atoms with Crippen LogP contribution in [0.1, 0.15) is 37.3 Å². The van der Waals surface area contributed by atoms with Crippen LogP contribution in [0.4, 0.5) is 8.78 Å². The van der Waals surface area contributed by atoms with Gasteiger partial charge in [-0.15, -0.1) is 0 Å². The molecule has 1 aliphatic heterocycles. The van der Waals surface area contributed by atoms with Crippen LogP contribution in [0.5, 0.6) is 0 Å². The summed E-state index contributed by atoms with van der Waals surface area (Å²) in [5, 5.41) is 0. The predicted molar refractivity (Wildman–Crippen MR) is 94.6 cm³/mol. The van der Waals surface area contributed by atoms with Gasteiger partial charge in [-0.05, 0) is 29.9 Å². The molecule has 0 spiro atoms. The Balaban J connectivity index is 1.34. The number of halogens is 2. The van der Waals surface area contributed by atoms with Crippen LogP contribution in [0.15, 0.2) is 54.1 Å². The zero-order chi connectivity index (χ0) is 17.3.